The Morgan fingerprint density at radius 2 is 2.14 bits per heavy atom. The fourth-order valence-corrected chi connectivity index (χ4v) is 3.36. The molecule has 9 nitrogen and oxygen atoms in total. The van der Waals surface area contributed by atoms with Crippen LogP contribution in [0.1, 0.15) is 31.4 Å². The third-order valence-corrected chi connectivity index (χ3v) is 4.77. The fraction of sp³-hybridized carbons (Fsp3) is 0.474. The van der Waals surface area contributed by atoms with Crippen molar-refractivity contribution in [2.45, 2.75) is 39.3 Å². The lowest BCUT2D eigenvalue weighted by Gasteiger charge is -2.32. The fourth-order valence-electron chi connectivity index (χ4n) is 3.08. The highest BCUT2D eigenvalue weighted by atomic mass is 32.1. The zero-order valence-corrected chi connectivity index (χ0v) is 17.4. The van der Waals surface area contributed by atoms with E-state index in [1.807, 2.05) is 19.9 Å². The van der Waals surface area contributed by atoms with Crippen LogP contribution in [-0.2, 0) is 11.3 Å². The first-order valence-corrected chi connectivity index (χ1v) is 10.0. The maximum absolute atomic E-state index is 11.8. The second-order valence-corrected chi connectivity index (χ2v) is 7.09. The quantitative estimate of drug-likeness (QED) is 0.611. The number of carbonyl (C=O) groups excluding carboxylic acids is 1. The van der Waals surface area contributed by atoms with Gasteiger partial charge < -0.3 is 30.0 Å². The molecule has 0 aromatic carbocycles. The summed E-state index contributed by atoms with van der Waals surface area (Å²) in [5.41, 5.74) is 1.63. The van der Waals surface area contributed by atoms with Gasteiger partial charge in [0.05, 0.1) is 36.9 Å². The van der Waals surface area contributed by atoms with Crippen molar-refractivity contribution in [2.24, 2.45) is 0 Å². The molecule has 0 unspecified atom stereocenters. The maximum atomic E-state index is 11.8. The Bertz CT molecular complexity index is 835. The largest absolute Gasteiger partial charge is 0.450 e. The zero-order chi connectivity index (χ0) is 20.6. The van der Waals surface area contributed by atoms with Crippen LogP contribution in [0, 0.1) is 6.92 Å². The number of hydrogen-bond donors (Lipinski definition) is 3. The molecule has 3 heterocycles. The first-order valence-electron chi connectivity index (χ1n) is 9.63. The van der Waals surface area contributed by atoms with E-state index in [1.165, 1.54) is 0 Å². The highest BCUT2D eigenvalue weighted by Crippen LogP contribution is 2.21. The van der Waals surface area contributed by atoms with E-state index in [4.69, 9.17) is 21.4 Å². The van der Waals surface area contributed by atoms with E-state index < -0.39 is 0 Å². The topological polar surface area (TPSA) is 105 Å². The number of piperidine rings is 1. The van der Waals surface area contributed by atoms with Gasteiger partial charge in [-0.15, -0.1) is 0 Å². The summed E-state index contributed by atoms with van der Waals surface area (Å²) in [6, 6.07) is 2.07. The minimum absolute atomic E-state index is 0.200. The van der Waals surface area contributed by atoms with E-state index in [-0.39, 0.29) is 12.1 Å². The van der Waals surface area contributed by atoms with Crippen molar-refractivity contribution in [1.29, 1.82) is 0 Å². The van der Waals surface area contributed by atoms with Crippen molar-refractivity contribution in [3.63, 3.8) is 0 Å². The Labute approximate surface area is 175 Å². The van der Waals surface area contributed by atoms with Crippen LogP contribution in [0.5, 0.6) is 0 Å². The number of amides is 1. The molecule has 10 heteroatoms. The van der Waals surface area contributed by atoms with Gasteiger partial charge in [0.2, 0.25) is 0 Å². The number of thiocarbonyl (C=S) groups is 1. The van der Waals surface area contributed by atoms with Crippen LogP contribution in [0.2, 0.25) is 0 Å². The number of pyridine rings is 1. The second kappa shape index (κ2) is 10.1. The molecule has 2 aromatic rings. The van der Waals surface area contributed by atoms with Crippen molar-refractivity contribution in [3.05, 3.63) is 36.3 Å². The summed E-state index contributed by atoms with van der Waals surface area (Å²) in [6.07, 6.45) is 6.49. The molecule has 3 N–H and O–H groups in total. The summed E-state index contributed by atoms with van der Waals surface area (Å²) in [5.74, 6) is 1.38. The molecule has 0 bridgehead atoms. The van der Waals surface area contributed by atoms with Crippen molar-refractivity contribution in [2.75, 3.05) is 30.3 Å². The molecule has 3 rings (SSSR count). The van der Waals surface area contributed by atoms with Crippen LogP contribution < -0.4 is 16.0 Å². The molecule has 1 fully saturated rings. The van der Waals surface area contributed by atoms with Gasteiger partial charge in [-0.05, 0) is 38.0 Å². The Morgan fingerprint density at radius 3 is 2.83 bits per heavy atom. The number of nitrogens with one attached hydrogen (secondary N) is 3. The van der Waals surface area contributed by atoms with E-state index in [2.05, 4.69) is 25.9 Å². The molecule has 0 spiro atoms. The number of carbonyl (C=O) groups is 1. The van der Waals surface area contributed by atoms with E-state index in [0.717, 1.165) is 30.0 Å². The third kappa shape index (κ3) is 6.05. The average molecular weight is 419 g/mol. The minimum Gasteiger partial charge on any atom is -0.450 e. The summed E-state index contributed by atoms with van der Waals surface area (Å²) in [4.78, 5) is 21.8. The molecule has 156 valence electrons. The van der Waals surface area contributed by atoms with E-state index in [1.54, 1.807) is 23.5 Å². The van der Waals surface area contributed by atoms with Gasteiger partial charge in [0.15, 0.2) is 11.0 Å². The monoisotopic (exact) mass is 418 g/mol. The third-order valence-electron chi connectivity index (χ3n) is 4.55. The van der Waals surface area contributed by atoms with Crippen molar-refractivity contribution in [1.82, 2.24) is 20.2 Å². The van der Waals surface area contributed by atoms with Gasteiger partial charge in [0.1, 0.15) is 5.76 Å². The maximum Gasteiger partial charge on any atom is 0.409 e. The van der Waals surface area contributed by atoms with Gasteiger partial charge in [-0.25, -0.2) is 9.78 Å². The van der Waals surface area contributed by atoms with Crippen molar-refractivity contribution in [3.8, 4) is 0 Å². The Kier molecular flexibility index (Phi) is 7.23. The standard InChI is InChI=1S/C19H26N6O3S/c1-3-27-19(26)25-8-5-14(6-9-25)23-18(29)24-17-12-20-7-4-16(17)22-11-15-10-21-13(2)28-15/h4,7,10,12,14H,3,5-6,8-9,11H2,1-2H3,(H,20,22)(H2,23,24,29). The van der Waals surface area contributed by atoms with Gasteiger partial charge in [-0.1, -0.05) is 0 Å². The lowest BCUT2D eigenvalue weighted by atomic mass is 10.1. The molecule has 2 aromatic heterocycles. The van der Waals surface area contributed by atoms with Crippen LogP contribution in [0.3, 0.4) is 0 Å². The highest BCUT2D eigenvalue weighted by molar-refractivity contribution is 7.80. The summed E-state index contributed by atoms with van der Waals surface area (Å²) >= 11 is 5.47. The number of rotatable bonds is 6. The van der Waals surface area contributed by atoms with Gasteiger partial charge in [-0.2, -0.15) is 0 Å². The van der Waals surface area contributed by atoms with Crippen LogP contribution in [-0.4, -0.2) is 51.8 Å². The minimum atomic E-state index is -0.250. The average Bonchev–Trinajstić information content (AvgIpc) is 3.13. The molecule has 0 saturated carbocycles. The molecule has 0 aliphatic carbocycles. The van der Waals surface area contributed by atoms with Crippen molar-refractivity contribution < 1.29 is 13.9 Å². The number of aryl methyl sites for hydroxylation is 1. The predicted molar refractivity (Wildman–Crippen MR) is 114 cm³/mol. The van der Waals surface area contributed by atoms with Gasteiger partial charge in [-0.3, -0.25) is 4.98 Å². The molecule has 29 heavy (non-hydrogen) atoms. The number of nitrogens with zero attached hydrogens (tertiary/aromatic N) is 3. The lowest BCUT2D eigenvalue weighted by molar-refractivity contribution is 0.0964. The molecular weight excluding hydrogens is 392 g/mol. The Hall–Kier alpha value is -2.88. The van der Waals surface area contributed by atoms with Crippen molar-refractivity contribution >= 4 is 34.8 Å². The molecule has 0 atom stereocenters. The lowest BCUT2D eigenvalue weighted by Crippen LogP contribution is -2.47. The highest BCUT2D eigenvalue weighted by Gasteiger charge is 2.24. The molecule has 1 amide bonds. The Morgan fingerprint density at radius 1 is 1.34 bits per heavy atom. The molecular formula is C19H26N6O3S. The predicted octanol–water partition coefficient (Wildman–Crippen LogP) is 2.90. The van der Waals surface area contributed by atoms with Gasteiger partial charge >= 0.3 is 6.09 Å². The summed E-state index contributed by atoms with van der Waals surface area (Å²) < 4.78 is 10.5. The number of aromatic nitrogens is 2. The number of anilines is 2. The number of ether oxygens (including phenoxy) is 1. The van der Waals surface area contributed by atoms with Crippen LogP contribution in [0.4, 0.5) is 16.2 Å². The summed E-state index contributed by atoms with van der Waals surface area (Å²) in [7, 11) is 0. The van der Waals surface area contributed by atoms with Crippen LogP contribution in [0.25, 0.3) is 0 Å². The smallest absolute Gasteiger partial charge is 0.409 e. The van der Waals surface area contributed by atoms with E-state index in [9.17, 15) is 4.79 Å². The molecule has 1 aliphatic rings. The molecule has 1 aliphatic heterocycles. The van der Waals surface area contributed by atoms with Crippen LogP contribution >= 0.6 is 12.2 Å². The second-order valence-electron chi connectivity index (χ2n) is 6.68. The number of likely N-dealkylation sites (tertiary alicyclic amines) is 1. The summed E-state index contributed by atoms with van der Waals surface area (Å²) in [5, 5.41) is 10.3. The van der Waals surface area contributed by atoms with E-state index in [0.29, 0.717) is 37.2 Å². The van der Waals surface area contributed by atoms with Crippen LogP contribution in [0.15, 0.2) is 29.1 Å². The van der Waals surface area contributed by atoms with E-state index >= 15 is 0 Å². The SMILES string of the molecule is CCOC(=O)N1CCC(NC(=S)Nc2cnccc2NCc2cnc(C)o2)CC1. The number of hydrogen-bond acceptors (Lipinski definition) is 7. The normalized spacial score (nSPS) is 14.3. The first kappa shape index (κ1) is 20.8. The van der Waals surface area contributed by atoms with Gasteiger partial charge in [0.25, 0.3) is 0 Å². The first-order chi connectivity index (χ1) is 14.0. The number of oxazole rings is 1. The molecule has 0 radical (unpaired) electrons. The summed E-state index contributed by atoms with van der Waals surface area (Å²) in [6.45, 7) is 5.81. The molecule has 1 saturated heterocycles. The zero-order valence-electron chi connectivity index (χ0n) is 16.6. The van der Waals surface area contributed by atoms with Gasteiger partial charge in [0, 0.05) is 32.3 Å². The Balaban J connectivity index is 1.49.